The molecule has 0 fully saturated rings. The second-order valence-electron chi connectivity index (χ2n) is 9.72. The Kier molecular flexibility index (Phi) is 12.4. The Balaban J connectivity index is 1.72. The number of methoxy groups -OCH3 is 1. The zero-order chi connectivity index (χ0) is 25.2. The lowest BCUT2D eigenvalue weighted by Crippen LogP contribution is -2.06. The Morgan fingerprint density at radius 3 is 1.97 bits per heavy atom. The molecule has 0 saturated carbocycles. The third-order valence-corrected chi connectivity index (χ3v) is 10.1. The van der Waals surface area contributed by atoms with Crippen molar-refractivity contribution in [2.24, 2.45) is 11.8 Å². The van der Waals surface area contributed by atoms with Gasteiger partial charge in [-0.15, -0.1) is 23.5 Å². The van der Waals surface area contributed by atoms with E-state index in [4.69, 9.17) is 9.47 Å². The van der Waals surface area contributed by atoms with E-state index in [2.05, 4.69) is 101 Å². The lowest BCUT2D eigenvalue weighted by atomic mass is 9.98. The van der Waals surface area contributed by atoms with Gasteiger partial charge in [-0.05, 0) is 75.1 Å². The van der Waals surface area contributed by atoms with Crippen molar-refractivity contribution >= 4 is 67.5 Å². The van der Waals surface area contributed by atoms with Gasteiger partial charge in [0.15, 0.2) is 0 Å². The smallest absolute Gasteiger partial charge is 0.127 e. The number of thioether (sulfide) groups is 2. The van der Waals surface area contributed by atoms with Crippen molar-refractivity contribution in [3.05, 3.63) is 55.2 Å². The van der Waals surface area contributed by atoms with Crippen molar-refractivity contribution in [3.63, 3.8) is 0 Å². The van der Waals surface area contributed by atoms with Gasteiger partial charge in [-0.1, -0.05) is 76.5 Å². The Labute approximate surface area is 237 Å². The van der Waals surface area contributed by atoms with Crippen LogP contribution in [0.4, 0.5) is 0 Å². The summed E-state index contributed by atoms with van der Waals surface area (Å²) in [6.45, 7) is 7.69. The van der Waals surface area contributed by atoms with E-state index >= 15 is 0 Å². The van der Waals surface area contributed by atoms with E-state index in [-0.39, 0.29) is 0 Å². The fraction of sp³-hybridized carbons (Fsp3) is 0.517. The fourth-order valence-electron chi connectivity index (χ4n) is 4.10. The molecule has 6 heteroatoms. The minimum atomic E-state index is 0.453. The summed E-state index contributed by atoms with van der Waals surface area (Å²) < 4.78 is 14.6. The van der Waals surface area contributed by atoms with E-state index in [0.717, 1.165) is 54.4 Å². The van der Waals surface area contributed by atoms with E-state index in [9.17, 15) is 0 Å². The van der Waals surface area contributed by atoms with Crippen LogP contribution in [0.25, 0.3) is 12.2 Å². The van der Waals surface area contributed by atoms with Gasteiger partial charge in [0.05, 0.1) is 13.7 Å². The van der Waals surface area contributed by atoms with Crippen molar-refractivity contribution in [2.45, 2.75) is 69.8 Å². The summed E-state index contributed by atoms with van der Waals surface area (Å²) in [5.74, 6) is 3.27. The summed E-state index contributed by atoms with van der Waals surface area (Å²) in [5.41, 5.74) is 2.14. The van der Waals surface area contributed by atoms with E-state index < -0.39 is 0 Å². The first kappa shape index (κ1) is 29.0. The van der Waals surface area contributed by atoms with Gasteiger partial charge < -0.3 is 9.47 Å². The van der Waals surface area contributed by atoms with Crippen LogP contribution in [0, 0.1) is 11.8 Å². The van der Waals surface area contributed by atoms with Crippen LogP contribution in [-0.4, -0.2) is 24.2 Å². The monoisotopic (exact) mass is 640 g/mol. The normalized spacial score (nSPS) is 21.2. The van der Waals surface area contributed by atoms with Crippen LogP contribution in [-0.2, 0) is 0 Å². The molecule has 3 unspecified atom stereocenters. The van der Waals surface area contributed by atoms with Gasteiger partial charge in [0, 0.05) is 29.3 Å². The van der Waals surface area contributed by atoms with Gasteiger partial charge in [0.2, 0.25) is 0 Å². The second-order valence-corrected chi connectivity index (χ2v) is 15.0. The summed E-state index contributed by atoms with van der Waals surface area (Å²) in [5, 5.41) is 0.907. The minimum absolute atomic E-state index is 0.453. The first-order chi connectivity index (χ1) is 16.8. The molecule has 0 amide bonds. The summed E-state index contributed by atoms with van der Waals surface area (Å²) in [7, 11) is 1.75. The second kappa shape index (κ2) is 15.0. The standard InChI is InChI=1S/C29H38Br2O2S2/c1-20(2)6-5-7-21(3)16-17-33-27-19-22(8-10-24-12-14-28(30)34-24)26(32-4)18-23(27)9-11-25-13-15-29(31)35-25/h8-11,14-15,18-21,24-25H,5-7,12-13,16-17H2,1-4H3/b10-8+,11-9+. The number of benzene rings is 1. The highest BCUT2D eigenvalue weighted by molar-refractivity contribution is 9.14. The molecule has 0 saturated heterocycles. The highest BCUT2D eigenvalue weighted by Crippen LogP contribution is 2.39. The Morgan fingerprint density at radius 2 is 1.46 bits per heavy atom. The predicted molar refractivity (Wildman–Crippen MR) is 165 cm³/mol. The first-order valence-electron chi connectivity index (χ1n) is 12.6. The van der Waals surface area contributed by atoms with Crippen LogP contribution in [0.15, 0.2) is 44.1 Å². The fourth-order valence-corrected chi connectivity index (χ4v) is 7.58. The van der Waals surface area contributed by atoms with Crippen molar-refractivity contribution in [2.75, 3.05) is 13.7 Å². The third-order valence-electron chi connectivity index (χ3n) is 6.24. The van der Waals surface area contributed by atoms with Crippen LogP contribution < -0.4 is 9.47 Å². The zero-order valence-electron chi connectivity index (χ0n) is 21.3. The summed E-state index contributed by atoms with van der Waals surface area (Å²) in [4.78, 5) is 0. The number of hydrogen-bond acceptors (Lipinski definition) is 4. The number of halogens is 2. The van der Waals surface area contributed by atoms with Gasteiger partial charge in [0.25, 0.3) is 0 Å². The van der Waals surface area contributed by atoms with Crippen LogP contribution in [0.5, 0.6) is 11.5 Å². The van der Waals surface area contributed by atoms with Gasteiger partial charge in [-0.2, -0.15) is 0 Å². The van der Waals surface area contributed by atoms with Crippen molar-refractivity contribution in [1.82, 2.24) is 0 Å². The maximum Gasteiger partial charge on any atom is 0.127 e. The van der Waals surface area contributed by atoms with Crippen molar-refractivity contribution < 1.29 is 9.47 Å². The first-order valence-corrected chi connectivity index (χ1v) is 15.9. The van der Waals surface area contributed by atoms with Crippen molar-refractivity contribution in [1.29, 1.82) is 0 Å². The Hall–Kier alpha value is -0.560. The maximum absolute atomic E-state index is 6.41. The van der Waals surface area contributed by atoms with E-state index in [1.165, 1.54) is 26.9 Å². The SMILES string of the molecule is COc1cc(/C=C/C2CC=C(Br)S2)c(OCCC(C)CCCC(C)C)cc1/C=C/C1CC=C(Br)S1. The molecule has 2 aliphatic heterocycles. The van der Waals surface area contributed by atoms with E-state index in [1.807, 2.05) is 23.5 Å². The largest absolute Gasteiger partial charge is 0.496 e. The molecular formula is C29H38Br2O2S2. The number of rotatable bonds is 13. The molecule has 1 aromatic rings. The molecule has 3 atom stereocenters. The molecule has 2 heterocycles. The average molecular weight is 643 g/mol. The van der Waals surface area contributed by atoms with E-state index in [1.54, 1.807) is 7.11 Å². The van der Waals surface area contributed by atoms with Crippen LogP contribution in [0.2, 0.25) is 0 Å². The zero-order valence-corrected chi connectivity index (χ0v) is 26.1. The molecule has 0 N–H and O–H groups in total. The summed E-state index contributed by atoms with van der Waals surface area (Å²) in [6.07, 6.45) is 20.4. The lowest BCUT2D eigenvalue weighted by molar-refractivity contribution is 0.275. The quantitative estimate of drug-likeness (QED) is 0.213. The summed E-state index contributed by atoms with van der Waals surface area (Å²) in [6, 6.07) is 4.27. The average Bonchev–Trinajstić information content (AvgIpc) is 3.43. The molecule has 2 aliphatic rings. The van der Waals surface area contributed by atoms with Gasteiger partial charge in [0.1, 0.15) is 11.5 Å². The Morgan fingerprint density at radius 1 is 0.886 bits per heavy atom. The third kappa shape index (κ3) is 10.0. The molecule has 0 spiro atoms. The topological polar surface area (TPSA) is 18.5 Å². The Bertz CT molecular complexity index is 952. The predicted octanol–water partition coefficient (Wildman–Crippen LogP) is 10.4. The maximum atomic E-state index is 6.41. The molecule has 35 heavy (non-hydrogen) atoms. The van der Waals surface area contributed by atoms with Gasteiger partial charge in [-0.25, -0.2) is 0 Å². The number of allylic oxidation sites excluding steroid dienone is 2. The van der Waals surface area contributed by atoms with Crippen molar-refractivity contribution in [3.8, 4) is 11.5 Å². The molecule has 0 aromatic heterocycles. The summed E-state index contributed by atoms with van der Waals surface area (Å²) >= 11 is 10.9. The van der Waals surface area contributed by atoms with Crippen LogP contribution in [0.1, 0.15) is 70.4 Å². The van der Waals surface area contributed by atoms with Crippen LogP contribution in [0.3, 0.4) is 0 Å². The molecule has 0 radical (unpaired) electrons. The molecule has 0 bridgehead atoms. The van der Waals surface area contributed by atoms with Gasteiger partial charge in [-0.3, -0.25) is 0 Å². The minimum Gasteiger partial charge on any atom is -0.496 e. The molecule has 1 aromatic carbocycles. The highest BCUT2D eigenvalue weighted by Gasteiger charge is 2.16. The van der Waals surface area contributed by atoms with E-state index in [0.29, 0.717) is 16.4 Å². The molecule has 192 valence electrons. The highest BCUT2D eigenvalue weighted by atomic mass is 79.9. The number of hydrogen-bond donors (Lipinski definition) is 0. The van der Waals surface area contributed by atoms with Gasteiger partial charge >= 0.3 is 0 Å². The molecule has 0 aliphatic carbocycles. The molecule has 2 nitrogen and oxygen atoms in total. The lowest BCUT2D eigenvalue weighted by Gasteiger charge is -2.16. The molecular weight excluding hydrogens is 604 g/mol. The number of ether oxygens (including phenoxy) is 2. The van der Waals surface area contributed by atoms with Crippen LogP contribution >= 0.6 is 55.4 Å². The molecule has 3 rings (SSSR count).